The lowest BCUT2D eigenvalue weighted by atomic mass is 9.81. The number of carbonyl (C=O) groups is 4. The van der Waals surface area contributed by atoms with E-state index in [9.17, 15) is 19.2 Å². The zero-order chi connectivity index (χ0) is 23.4. The fourth-order valence-electron chi connectivity index (χ4n) is 5.84. The molecular formula is C26H25ClN2O4. The molecule has 3 aliphatic rings. The van der Waals surface area contributed by atoms with E-state index in [0.29, 0.717) is 10.6 Å². The molecule has 5 rings (SSSR count). The predicted molar refractivity (Wildman–Crippen MR) is 122 cm³/mol. The van der Waals surface area contributed by atoms with Crippen LogP contribution in [0.25, 0.3) is 0 Å². The molecule has 170 valence electrons. The lowest BCUT2D eigenvalue weighted by Crippen LogP contribution is -2.56. The van der Waals surface area contributed by atoms with Crippen molar-refractivity contribution >= 4 is 35.1 Å². The van der Waals surface area contributed by atoms with Gasteiger partial charge in [0.05, 0.1) is 11.8 Å². The molecule has 7 heteroatoms. The standard InChI is InChI=1S/C26H25ClN2O4/c1-14-3-5-16(6-4-14)23(30)15(2)28(24(31)17-9-11-20(27)12-10-17)29-25(32)21-18-7-8-19(13-18)22(21)26(29)33/h3-6,9-12,15,18-19,21-22H,7-8,13H2,1-2H3/t15-,18+,19+,21-,22+/m1/s1. The lowest BCUT2D eigenvalue weighted by Gasteiger charge is -2.35. The van der Waals surface area contributed by atoms with Gasteiger partial charge in [-0.1, -0.05) is 41.4 Å². The van der Waals surface area contributed by atoms with Crippen LogP contribution in [0.4, 0.5) is 0 Å². The topological polar surface area (TPSA) is 74.8 Å². The Bertz CT molecular complexity index is 1120. The number of Topliss-reactive ketones (excluding diaryl/α,β-unsaturated/α-hetero) is 1. The number of benzene rings is 2. The summed E-state index contributed by atoms with van der Waals surface area (Å²) in [4.78, 5) is 54.0. The van der Waals surface area contributed by atoms with E-state index in [4.69, 9.17) is 11.6 Å². The van der Waals surface area contributed by atoms with E-state index in [1.807, 2.05) is 19.1 Å². The number of imide groups is 1. The first-order valence-corrected chi connectivity index (χ1v) is 11.7. The third-order valence-electron chi connectivity index (χ3n) is 7.50. The Labute approximate surface area is 197 Å². The molecule has 2 saturated carbocycles. The Balaban J connectivity index is 1.54. The van der Waals surface area contributed by atoms with E-state index in [-0.39, 0.29) is 35.0 Å². The largest absolute Gasteiger partial charge is 0.292 e. The molecule has 0 radical (unpaired) electrons. The quantitative estimate of drug-likeness (QED) is 0.488. The summed E-state index contributed by atoms with van der Waals surface area (Å²) in [5.74, 6) is -2.05. The van der Waals surface area contributed by atoms with Gasteiger partial charge < -0.3 is 0 Å². The summed E-state index contributed by atoms with van der Waals surface area (Å²) in [6.45, 7) is 3.49. The molecule has 33 heavy (non-hydrogen) atoms. The monoisotopic (exact) mass is 464 g/mol. The van der Waals surface area contributed by atoms with Gasteiger partial charge in [0.25, 0.3) is 17.7 Å². The Morgan fingerprint density at radius 3 is 1.97 bits per heavy atom. The summed E-state index contributed by atoms with van der Waals surface area (Å²) in [7, 11) is 0. The Kier molecular flexibility index (Phi) is 5.36. The highest BCUT2D eigenvalue weighted by atomic mass is 35.5. The summed E-state index contributed by atoms with van der Waals surface area (Å²) >= 11 is 5.98. The van der Waals surface area contributed by atoms with Crippen LogP contribution in [0.1, 0.15) is 52.5 Å². The van der Waals surface area contributed by atoms with Gasteiger partial charge in [-0.15, -0.1) is 0 Å². The summed E-state index contributed by atoms with van der Waals surface area (Å²) < 4.78 is 0. The minimum Gasteiger partial charge on any atom is -0.292 e. The van der Waals surface area contributed by atoms with Crippen molar-refractivity contribution in [1.82, 2.24) is 10.0 Å². The maximum Gasteiger partial charge on any atom is 0.273 e. The Hall–Kier alpha value is -2.99. The number of halogens is 1. The van der Waals surface area contributed by atoms with Crippen molar-refractivity contribution in [2.75, 3.05) is 0 Å². The molecule has 0 spiro atoms. The third-order valence-corrected chi connectivity index (χ3v) is 7.75. The second kappa shape index (κ2) is 8.10. The number of hydrogen-bond donors (Lipinski definition) is 0. The number of fused-ring (bicyclic) bond motifs is 5. The lowest BCUT2D eigenvalue weighted by molar-refractivity contribution is -0.157. The van der Waals surface area contributed by atoms with Gasteiger partial charge in [0.1, 0.15) is 6.04 Å². The fraction of sp³-hybridized carbons (Fsp3) is 0.385. The van der Waals surface area contributed by atoms with Gasteiger partial charge in [-0.2, -0.15) is 5.01 Å². The number of nitrogens with zero attached hydrogens (tertiary/aromatic N) is 2. The molecule has 2 aromatic rings. The highest BCUT2D eigenvalue weighted by Gasteiger charge is 2.63. The van der Waals surface area contributed by atoms with E-state index in [0.717, 1.165) is 34.8 Å². The molecule has 0 N–H and O–H groups in total. The molecule has 5 atom stereocenters. The SMILES string of the molecule is Cc1ccc(C(=O)[C@@H](C)N(C(=O)c2ccc(Cl)cc2)N2C(=O)[C@@H]3[C@H]4CC[C@@H](C4)[C@@H]3C2=O)cc1. The van der Waals surface area contributed by atoms with Crippen molar-refractivity contribution < 1.29 is 19.2 Å². The van der Waals surface area contributed by atoms with Crippen LogP contribution >= 0.6 is 11.6 Å². The average molecular weight is 465 g/mol. The van der Waals surface area contributed by atoms with Crippen LogP contribution in [-0.4, -0.2) is 39.6 Å². The van der Waals surface area contributed by atoms with Crippen molar-refractivity contribution in [1.29, 1.82) is 0 Å². The number of amides is 3. The smallest absolute Gasteiger partial charge is 0.273 e. The number of hydrogen-bond acceptors (Lipinski definition) is 4. The number of ketones is 1. The summed E-state index contributed by atoms with van der Waals surface area (Å²) in [6.07, 6.45) is 2.76. The maximum absolute atomic E-state index is 13.6. The highest BCUT2D eigenvalue weighted by Crippen LogP contribution is 2.56. The zero-order valence-corrected chi connectivity index (χ0v) is 19.3. The van der Waals surface area contributed by atoms with Gasteiger partial charge in [0.15, 0.2) is 5.78 Å². The molecule has 3 fully saturated rings. The first-order chi connectivity index (χ1) is 15.8. The molecule has 1 heterocycles. The van der Waals surface area contributed by atoms with E-state index in [1.54, 1.807) is 31.2 Å². The third kappa shape index (κ3) is 3.48. The molecule has 3 amide bonds. The second-order valence-electron chi connectivity index (χ2n) is 9.44. The van der Waals surface area contributed by atoms with Gasteiger partial charge in [-0.3, -0.25) is 19.2 Å². The van der Waals surface area contributed by atoms with Crippen molar-refractivity contribution in [2.24, 2.45) is 23.7 Å². The zero-order valence-electron chi connectivity index (χ0n) is 18.5. The number of rotatable bonds is 5. The normalized spacial score (nSPS) is 26.5. The van der Waals surface area contributed by atoms with Crippen LogP contribution in [0, 0.1) is 30.6 Å². The maximum atomic E-state index is 13.6. The van der Waals surface area contributed by atoms with Crippen LogP contribution in [0.3, 0.4) is 0 Å². The number of carbonyl (C=O) groups excluding carboxylic acids is 4. The number of hydrazine groups is 1. The van der Waals surface area contributed by atoms with E-state index in [2.05, 4.69) is 0 Å². The van der Waals surface area contributed by atoms with Gasteiger partial charge in [0, 0.05) is 16.1 Å². The predicted octanol–water partition coefficient (Wildman–Crippen LogP) is 4.31. The minimum atomic E-state index is -1.04. The van der Waals surface area contributed by atoms with Gasteiger partial charge in [-0.05, 0) is 69.2 Å². The van der Waals surface area contributed by atoms with Crippen molar-refractivity contribution in [3.8, 4) is 0 Å². The van der Waals surface area contributed by atoms with Gasteiger partial charge in [0.2, 0.25) is 0 Å². The van der Waals surface area contributed by atoms with Crippen LogP contribution in [-0.2, 0) is 9.59 Å². The van der Waals surface area contributed by atoms with E-state index >= 15 is 0 Å². The minimum absolute atomic E-state index is 0.178. The van der Waals surface area contributed by atoms with Gasteiger partial charge >= 0.3 is 0 Å². The summed E-state index contributed by atoms with van der Waals surface area (Å²) in [5.41, 5.74) is 1.67. The van der Waals surface area contributed by atoms with Crippen molar-refractivity contribution in [3.05, 3.63) is 70.2 Å². The number of aryl methyl sites for hydroxylation is 1. The average Bonchev–Trinajstić information content (AvgIpc) is 3.49. The highest BCUT2D eigenvalue weighted by molar-refractivity contribution is 6.30. The molecule has 0 aromatic heterocycles. The van der Waals surface area contributed by atoms with Crippen molar-refractivity contribution in [2.45, 2.75) is 39.2 Å². The molecule has 6 nitrogen and oxygen atoms in total. The molecule has 2 aromatic carbocycles. The van der Waals surface area contributed by atoms with E-state index in [1.165, 1.54) is 12.1 Å². The van der Waals surface area contributed by atoms with E-state index < -0.39 is 23.8 Å². The first-order valence-electron chi connectivity index (χ1n) is 11.4. The Morgan fingerprint density at radius 2 is 1.42 bits per heavy atom. The molecule has 2 bridgehead atoms. The molecule has 0 unspecified atom stereocenters. The molecule has 1 aliphatic heterocycles. The second-order valence-corrected chi connectivity index (χ2v) is 9.87. The van der Waals surface area contributed by atoms with Crippen LogP contribution in [0.2, 0.25) is 5.02 Å². The Morgan fingerprint density at radius 1 is 0.909 bits per heavy atom. The summed E-state index contributed by atoms with van der Waals surface area (Å²) in [6, 6.07) is 12.2. The fourth-order valence-corrected chi connectivity index (χ4v) is 5.97. The summed E-state index contributed by atoms with van der Waals surface area (Å²) in [5, 5.41) is 2.52. The molecule has 1 saturated heterocycles. The van der Waals surface area contributed by atoms with Crippen LogP contribution in [0.5, 0.6) is 0 Å². The van der Waals surface area contributed by atoms with Crippen LogP contribution < -0.4 is 0 Å². The molecular weight excluding hydrogens is 440 g/mol. The van der Waals surface area contributed by atoms with Crippen LogP contribution in [0.15, 0.2) is 48.5 Å². The first kappa shape index (κ1) is 21.8. The van der Waals surface area contributed by atoms with Crippen molar-refractivity contribution in [3.63, 3.8) is 0 Å². The van der Waals surface area contributed by atoms with Gasteiger partial charge in [-0.25, -0.2) is 5.01 Å². The molecule has 2 aliphatic carbocycles.